The third kappa shape index (κ3) is 7.41. The molecule has 10 heteroatoms. The zero-order valence-electron chi connectivity index (χ0n) is 18.0. The van der Waals surface area contributed by atoms with E-state index in [1.807, 2.05) is 0 Å². The van der Waals surface area contributed by atoms with Crippen LogP contribution in [0, 0.1) is 5.92 Å². The average molecular weight is 511 g/mol. The van der Waals surface area contributed by atoms with Gasteiger partial charge in [0.15, 0.2) is 0 Å². The second-order valence-electron chi connectivity index (χ2n) is 8.39. The van der Waals surface area contributed by atoms with Crippen molar-refractivity contribution in [3.63, 3.8) is 0 Å². The molecule has 31 heavy (non-hydrogen) atoms. The van der Waals surface area contributed by atoms with Crippen molar-refractivity contribution in [2.75, 3.05) is 31.3 Å². The van der Waals surface area contributed by atoms with Gasteiger partial charge in [0.2, 0.25) is 16.0 Å². The Kier molecular flexibility index (Phi) is 8.26. The van der Waals surface area contributed by atoms with Gasteiger partial charge in [0, 0.05) is 17.9 Å². The van der Waals surface area contributed by atoms with E-state index in [4.69, 9.17) is 5.14 Å². The van der Waals surface area contributed by atoms with Crippen LogP contribution < -0.4 is 15.8 Å². The van der Waals surface area contributed by atoms with Crippen molar-refractivity contribution < 1.29 is 8.42 Å². The van der Waals surface area contributed by atoms with E-state index in [0.29, 0.717) is 17.7 Å². The van der Waals surface area contributed by atoms with E-state index in [1.165, 1.54) is 37.8 Å². The molecule has 0 spiro atoms. The first-order valence-corrected chi connectivity index (χ1v) is 12.9. The summed E-state index contributed by atoms with van der Waals surface area (Å²) in [5.74, 6) is 2.02. The van der Waals surface area contributed by atoms with Crippen molar-refractivity contribution in [1.29, 1.82) is 0 Å². The van der Waals surface area contributed by atoms with Crippen LogP contribution in [0.4, 0.5) is 17.5 Å². The van der Waals surface area contributed by atoms with Gasteiger partial charge in [-0.1, -0.05) is 0 Å². The highest BCUT2D eigenvalue weighted by Gasteiger charge is 2.22. The maximum absolute atomic E-state index is 11.4. The molecule has 3 rings (SSSR count). The lowest BCUT2D eigenvalue weighted by Gasteiger charge is -2.30. The normalized spacial score (nSPS) is 19.4. The van der Waals surface area contributed by atoms with Gasteiger partial charge in [0.1, 0.15) is 5.82 Å². The fourth-order valence-corrected chi connectivity index (χ4v) is 4.69. The van der Waals surface area contributed by atoms with Gasteiger partial charge in [-0.05, 0) is 105 Å². The Hall–Kier alpha value is -1.75. The highest BCUT2D eigenvalue weighted by atomic mass is 79.9. The fourth-order valence-electron chi connectivity index (χ4n) is 3.87. The predicted octanol–water partition coefficient (Wildman–Crippen LogP) is 3.94. The van der Waals surface area contributed by atoms with Gasteiger partial charge in [-0.3, -0.25) is 0 Å². The number of benzene rings is 1. The van der Waals surface area contributed by atoms with Gasteiger partial charge >= 0.3 is 0 Å². The van der Waals surface area contributed by atoms with E-state index < -0.39 is 10.0 Å². The van der Waals surface area contributed by atoms with E-state index in [2.05, 4.69) is 55.5 Å². The average Bonchev–Trinajstić information content (AvgIpc) is 2.71. The lowest BCUT2D eigenvalue weighted by Crippen LogP contribution is -2.27. The zero-order chi connectivity index (χ0) is 22.4. The fraction of sp³-hybridized carbons (Fsp3) is 0.524. The molecule has 0 saturated heterocycles. The Labute approximate surface area is 193 Å². The molecule has 8 nitrogen and oxygen atoms in total. The van der Waals surface area contributed by atoms with Crippen LogP contribution >= 0.6 is 15.9 Å². The quantitative estimate of drug-likeness (QED) is 0.467. The first-order valence-electron chi connectivity index (χ1n) is 10.5. The smallest absolute Gasteiger partial charge is 0.238 e. The highest BCUT2D eigenvalue weighted by Crippen LogP contribution is 2.31. The van der Waals surface area contributed by atoms with Crippen LogP contribution in [0.15, 0.2) is 39.8 Å². The molecule has 1 aromatic heterocycles. The Balaban J connectivity index is 1.55. The van der Waals surface area contributed by atoms with Gasteiger partial charge in [0.05, 0.1) is 9.37 Å². The number of primary sulfonamides is 1. The molecule has 0 atom stereocenters. The molecule has 1 aliphatic rings. The molecule has 1 saturated carbocycles. The third-order valence-corrected chi connectivity index (χ3v) is 7.10. The Morgan fingerprint density at radius 2 is 1.84 bits per heavy atom. The summed E-state index contributed by atoms with van der Waals surface area (Å²) in [6.07, 6.45) is 9.05. The second-order valence-corrected chi connectivity index (χ2v) is 10.8. The van der Waals surface area contributed by atoms with Crippen LogP contribution in [-0.4, -0.2) is 50.0 Å². The van der Waals surface area contributed by atoms with Crippen molar-refractivity contribution in [3.05, 3.63) is 34.9 Å². The number of nitrogens with two attached hydrogens (primary N) is 1. The SMILES string of the molecule is CN(C)CCCC1CCC(Nc2nc(Nc3ccc(S(N)(=O)=O)cc3)ncc2Br)CC1. The van der Waals surface area contributed by atoms with Gasteiger partial charge in [0.25, 0.3) is 0 Å². The number of nitrogens with one attached hydrogen (secondary N) is 2. The standard InChI is InChI=1S/C21H31BrN6O2S/c1-28(2)13-3-4-15-5-7-16(8-6-15)25-20-19(22)14-24-21(27-20)26-17-9-11-18(12-10-17)31(23,29)30/h9-12,14-16H,3-8,13H2,1-2H3,(H2,23,29,30)(H2,24,25,26,27). The number of sulfonamides is 1. The minimum Gasteiger partial charge on any atom is -0.366 e. The molecule has 0 unspecified atom stereocenters. The van der Waals surface area contributed by atoms with E-state index in [9.17, 15) is 8.42 Å². The number of anilines is 3. The second kappa shape index (κ2) is 10.7. The molecule has 0 bridgehead atoms. The van der Waals surface area contributed by atoms with Gasteiger partial charge < -0.3 is 15.5 Å². The molecule has 1 aromatic carbocycles. The van der Waals surface area contributed by atoms with Crippen LogP contribution in [0.2, 0.25) is 0 Å². The van der Waals surface area contributed by atoms with E-state index in [-0.39, 0.29) is 4.90 Å². The summed E-state index contributed by atoms with van der Waals surface area (Å²) in [7, 11) is 0.544. The number of halogens is 1. The highest BCUT2D eigenvalue weighted by molar-refractivity contribution is 9.10. The minimum atomic E-state index is -3.71. The molecular weight excluding hydrogens is 480 g/mol. The molecule has 0 aliphatic heterocycles. The molecule has 1 aliphatic carbocycles. The summed E-state index contributed by atoms with van der Waals surface area (Å²) in [6, 6.07) is 6.57. The van der Waals surface area contributed by atoms with Crippen molar-refractivity contribution >= 4 is 43.4 Å². The molecular formula is C21H31BrN6O2S. The molecule has 0 amide bonds. The van der Waals surface area contributed by atoms with E-state index >= 15 is 0 Å². The number of nitrogens with zero attached hydrogens (tertiary/aromatic N) is 3. The summed E-state index contributed by atoms with van der Waals surface area (Å²) in [5, 5.41) is 11.8. The number of rotatable bonds is 9. The van der Waals surface area contributed by atoms with Crippen molar-refractivity contribution in [2.24, 2.45) is 11.1 Å². The first-order chi connectivity index (χ1) is 14.7. The lowest BCUT2D eigenvalue weighted by atomic mass is 9.83. The topological polar surface area (TPSA) is 113 Å². The van der Waals surface area contributed by atoms with Crippen LogP contribution in [0.3, 0.4) is 0 Å². The first kappa shape index (κ1) is 23.9. The summed E-state index contributed by atoms with van der Waals surface area (Å²) in [4.78, 5) is 11.2. The third-order valence-electron chi connectivity index (χ3n) is 5.59. The Morgan fingerprint density at radius 3 is 2.45 bits per heavy atom. The number of hydrogen-bond acceptors (Lipinski definition) is 7. The van der Waals surface area contributed by atoms with Gasteiger partial charge in [-0.15, -0.1) is 0 Å². The largest absolute Gasteiger partial charge is 0.366 e. The van der Waals surface area contributed by atoms with Crippen molar-refractivity contribution in [2.45, 2.75) is 49.5 Å². The molecule has 2 aromatic rings. The van der Waals surface area contributed by atoms with Crippen LogP contribution in [-0.2, 0) is 10.0 Å². The summed E-state index contributed by atoms with van der Waals surface area (Å²) in [6.45, 7) is 1.16. The van der Waals surface area contributed by atoms with Crippen molar-refractivity contribution in [3.8, 4) is 0 Å². The number of aromatic nitrogens is 2. The Bertz CT molecular complexity index is 960. The molecule has 1 heterocycles. The summed E-state index contributed by atoms with van der Waals surface area (Å²) in [5.41, 5.74) is 0.680. The van der Waals surface area contributed by atoms with Crippen molar-refractivity contribution in [1.82, 2.24) is 14.9 Å². The van der Waals surface area contributed by atoms with Crippen LogP contribution in [0.25, 0.3) is 0 Å². The van der Waals surface area contributed by atoms with E-state index in [1.54, 1.807) is 18.3 Å². The maximum Gasteiger partial charge on any atom is 0.238 e. The number of hydrogen-bond donors (Lipinski definition) is 3. The molecule has 4 N–H and O–H groups in total. The van der Waals surface area contributed by atoms with E-state index in [0.717, 1.165) is 35.6 Å². The maximum atomic E-state index is 11.4. The van der Waals surface area contributed by atoms with Gasteiger partial charge in [-0.25, -0.2) is 18.5 Å². The van der Waals surface area contributed by atoms with Crippen LogP contribution in [0.1, 0.15) is 38.5 Å². The molecule has 170 valence electrons. The lowest BCUT2D eigenvalue weighted by molar-refractivity contribution is 0.295. The monoisotopic (exact) mass is 510 g/mol. The molecule has 0 radical (unpaired) electrons. The summed E-state index contributed by atoms with van der Waals surface area (Å²) >= 11 is 3.53. The van der Waals surface area contributed by atoms with Gasteiger partial charge in [-0.2, -0.15) is 4.98 Å². The summed E-state index contributed by atoms with van der Waals surface area (Å²) < 4.78 is 23.6. The Morgan fingerprint density at radius 1 is 1.16 bits per heavy atom. The minimum absolute atomic E-state index is 0.0643. The predicted molar refractivity (Wildman–Crippen MR) is 128 cm³/mol. The van der Waals surface area contributed by atoms with Crippen LogP contribution in [0.5, 0.6) is 0 Å². The zero-order valence-corrected chi connectivity index (χ0v) is 20.4. The molecule has 1 fully saturated rings.